The molecule has 0 bridgehead atoms. The molecule has 0 aromatic carbocycles. The predicted molar refractivity (Wildman–Crippen MR) is 72.8 cm³/mol. The van der Waals surface area contributed by atoms with Gasteiger partial charge < -0.3 is 10.6 Å². The summed E-state index contributed by atoms with van der Waals surface area (Å²) in [6.07, 6.45) is 1.10. The fourth-order valence-corrected chi connectivity index (χ4v) is 2.55. The van der Waals surface area contributed by atoms with E-state index in [2.05, 4.69) is 15.4 Å². The first kappa shape index (κ1) is 17.3. The minimum atomic E-state index is -3.28. The van der Waals surface area contributed by atoms with Crippen LogP contribution in [-0.2, 0) is 14.8 Å². The highest BCUT2D eigenvalue weighted by molar-refractivity contribution is 7.88. The molecule has 1 amide bonds. The standard InChI is InChI=1S/C11H25N3O3S/c1-6-12-7-9(2)10(15)13-8-11(3,4)14-18(5,16)17/h9,12,14H,6-8H2,1-5H3,(H,13,15). The Morgan fingerprint density at radius 3 is 2.33 bits per heavy atom. The summed E-state index contributed by atoms with van der Waals surface area (Å²) in [5, 5.41) is 5.84. The Hall–Kier alpha value is -0.660. The summed E-state index contributed by atoms with van der Waals surface area (Å²) in [5.74, 6) is -0.224. The molecule has 3 N–H and O–H groups in total. The van der Waals surface area contributed by atoms with E-state index >= 15 is 0 Å². The highest BCUT2D eigenvalue weighted by Gasteiger charge is 2.23. The van der Waals surface area contributed by atoms with Crippen molar-refractivity contribution in [2.75, 3.05) is 25.9 Å². The summed E-state index contributed by atoms with van der Waals surface area (Å²) < 4.78 is 24.7. The molecule has 7 heteroatoms. The van der Waals surface area contributed by atoms with Gasteiger partial charge in [-0.05, 0) is 20.4 Å². The van der Waals surface area contributed by atoms with E-state index in [-0.39, 0.29) is 18.4 Å². The number of carbonyl (C=O) groups excluding carboxylic acids is 1. The van der Waals surface area contributed by atoms with Gasteiger partial charge in [0.1, 0.15) is 0 Å². The largest absolute Gasteiger partial charge is 0.354 e. The maximum Gasteiger partial charge on any atom is 0.224 e. The average Bonchev–Trinajstić information content (AvgIpc) is 2.19. The van der Waals surface area contributed by atoms with Crippen molar-refractivity contribution in [2.24, 2.45) is 5.92 Å². The number of hydrogen-bond donors (Lipinski definition) is 3. The smallest absolute Gasteiger partial charge is 0.224 e. The normalized spacial score (nSPS) is 14.3. The first-order chi connectivity index (χ1) is 8.07. The van der Waals surface area contributed by atoms with E-state index in [1.807, 2.05) is 13.8 Å². The molecule has 0 aliphatic heterocycles. The van der Waals surface area contributed by atoms with E-state index in [1.54, 1.807) is 13.8 Å². The van der Waals surface area contributed by atoms with E-state index in [1.165, 1.54) is 0 Å². The van der Waals surface area contributed by atoms with Crippen LogP contribution >= 0.6 is 0 Å². The maximum absolute atomic E-state index is 11.7. The van der Waals surface area contributed by atoms with Gasteiger partial charge in [0.25, 0.3) is 0 Å². The van der Waals surface area contributed by atoms with Crippen LogP contribution in [-0.4, -0.2) is 45.8 Å². The van der Waals surface area contributed by atoms with Crippen molar-refractivity contribution in [3.05, 3.63) is 0 Å². The molecule has 1 unspecified atom stereocenters. The van der Waals surface area contributed by atoms with Crippen molar-refractivity contribution in [3.8, 4) is 0 Å². The Morgan fingerprint density at radius 1 is 1.33 bits per heavy atom. The topological polar surface area (TPSA) is 87.3 Å². The zero-order valence-corrected chi connectivity index (χ0v) is 12.6. The summed E-state index contributed by atoms with van der Waals surface area (Å²) in [6.45, 7) is 8.95. The minimum absolute atomic E-state index is 0.0840. The van der Waals surface area contributed by atoms with Crippen LogP contribution in [0.25, 0.3) is 0 Å². The van der Waals surface area contributed by atoms with Crippen molar-refractivity contribution in [1.29, 1.82) is 0 Å². The Kier molecular flexibility index (Phi) is 6.80. The van der Waals surface area contributed by atoms with Gasteiger partial charge in [0, 0.05) is 24.5 Å². The van der Waals surface area contributed by atoms with Gasteiger partial charge in [-0.25, -0.2) is 13.1 Å². The molecule has 6 nitrogen and oxygen atoms in total. The number of carbonyl (C=O) groups is 1. The third-order valence-electron chi connectivity index (χ3n) is 2.31. The van der Waals surface area contributed by atoms with Gasteiger partial charge in [-0.2, -0.15) is 0 Å². The lowest BCUT2D eigenvalue weighted by Crippen LogP contribution is -2.52. The number of sulfonamides is 1. The van der Waals surface area contributed by atoms with Crippen LogP contribution in [0.5, 0.6) is 0 Å². The van der Waals surface area contributed by atoms with Gasteiger partial charge in [0.2, 0.25) is 15.9 Å². The van der Waals surface area contributed by atoms with E-state index in [9.17, 15) is 13.2 Å². The van der Waals surface area contributed by atoms with Crippen molar-refractivity contribution in [2.45, 2.75) is 33.2 Å². The summed E-state index contributed by atoms with van der Waals surface area (Å²) in [6, 6.07) is 0. The zero-order valence-electron chi connectivity index (χ0n) is 11.8. The molecule has 18 heavy (non-hydrogen) atoms. The van der Waals surface area contributed by atoms with Gasteiger partial charge in [-0.15, -0.1) is 0 Å². The van der Waals surface area contributed by atoms with E-state index in [0.29, 0.717) is 6.54 Å². The quantitative estimate of drug-likeness (QED) is 0.568. The second kappa shape index (κ2) is 7.06. The Balaban J connectivity index is 4.19. The maximum atomic E-state index is 11.7. The van der Waals surface area contributed by atoms with Gasteiger partial charge in [-0.3, -0.25) is 4.79 Å². The molecule has 0 radical (unpaired) electrons. The first-order valence-electron chi connectivity index (χ1n) is 6.05. The van der Waals surface area contributed by atoms with Crippen molar-refractivity contribution >= 4 is 15.9 Å². The van der Waals surface area contributed by atoms with E-state index < -0.39 is 15.6 Å². The van der Waals surface area contributed by atoms with Crippen LogP contribution in [0.4, 0.5) is 0 Å². The number of amides is 1. The molecule has 0 heterocycles. The number of rotatable bonds is 8. The predicted octanol–water partition coefficient (Wildman–Crippen LogP) is -0.324. The minimum Gasteiger partial charge on any atom is -0.354 e. The summed E-state index contributed by atoms with van der Waals surface area (Å²) >= 11 is 0. The lowest BCUT2D eigenvalue weighted by atomic mass is 10.1. The molecule has 0 aromatic heterocycles. The molecule has 0 saturated carbocycles. The van der Waals surface area contributed by atoms with Gasteiger partial charge in [-0.1, -0.05) is 13.8 Å². The van der Waals surface area contributed by atoms with Crippen LogP contribution in [0.15, 0.2) is 0 Å². The lowest BCUT2D eigenvalue weighted by Gasteiger charge is -2.26. The Morgan fingerprint density at radius 2 is 1.89 bits per heavy atom. The molecular formula is C11H25N3O3S. The highest BCUT2D eigenvalue weighted by atomic mass is 32.2. The Labute approximate surface area is 110 Å². The molecule has 0 spiro atoms. The van der Waals surface area contributed by atoms with Crippen LogP contribution in [0.2, 0.25) is 0 Å². The van der Waals surface area contributed by atoms with Crippen LogP contribution < -0.4 is 15.4 Å². The molecule has 0 saturated heterocycles. The molecule has 0 aliphatic rings. The van der Waals surface area contributed by atoms with Gasteiger partial charge in [0.15, 0.2) is 0 Å². The molecule has 0 fully saturated rings. The molecule has 0 aliphatic carbocycles. The fraction of sp³-hybridized carbons (Fsp3) is 0.909. The van der Waals surface area contributed by atoms with Crippen LogP contribution in [0, 0.1) is 5.92 Å². The third kappa shape index (κ3) is 8.43. The van der Waals surface area contributed by atoms with Crippen molar-refractivity contribution in [1.82, 2.24) is 15.4 Å². The van der Waals surface area contributed by atoms with Gasteiger partial charge in [0.05, 0.1) is 6.26 Å². The monoisotopic (exact) mass is 279 g/mol. The molecule has 0 aromatic rings. The third-order valence-corrected chi connectivity index (χ3v) is 3.24. The highest BCUT2D eigenvalue weighted by Crippen LogP contribution is 2.03. The fourth-order valence-electron chi connectivity index (χ4n) is 1.47. The summed E-state index contributed by atoms with van der Waals surface area (Å²) in [4.78, 5) is 11.7. The average molecular weight is 279 g/mol. The number of nitrogens with one attached hydrogen (secondary N) is 3. The van der Waals surface area contributed by atoms with Crippen molar-refractivity contribution < 1.29 is 13.2 Å². The summed E-state index contributed by atoms with van der Waals surface area (Å²) in [7, 11) is -3.28. The first-order valence-corrected chi connectivity index (χ1v) is 7.94. The lowest BCUT2D eigenvalue weighted by molar-refractivity contribution is -0.124. The molecule has 0 rings (SSSR count). The number of hydrogen-bond acceptors (Lipinski definition) is 4. The zero-order chi connectivity index (χ0) is 14.4. The molecule has 108 valence electrons. The summed E-state index contributed by atoms with van der Waals surface area (Å²) in [5.41, 5.74) is -0.693. The van der Waals surface area contributed by atoms with E-state index in [0.717, 1.165) is 12.8 Å². The van der Waals surface area contributed by atoms with E-state index in [4.69, 9.17) is 0 Å². The molecular weight excluding hydrogens is 254 g/mol. The second-order valence-corrected chi connectivity index (χ2v) is 6.93. The second-order valence-electron chi connectivity index (χ2n) is 5.18. The molecule has 1 atom stereocenters. The SMILES string of the molecule is CCNCC(C)C(=O)NCC(C)(C)NS(C)(=O)=O. The van der Waals surface area contributed by atoms with Crippen LogP contribution in [0.3, 0.4) is 0 Å². The van der Waals surface area contributed by atoms with Gasteiger partial charge >= 0.3 is 0 Å². The van der Waals surface area contributed by atoms with Crippen molar-refractivity contribution in [3.63, 3.8) is 0 Å². The van der Waals surface area contributed by atoms with Crippen LogP contribution in [0.1, 0.15) is 27.7 Å². The Bertz CT molecular complexity index is 366.